The molecule has 0 radical (unpaired) electrons. The van der Waals surface area contributed by atoms with Crippen LogP contribution in [-0.2, 0) is 59.2 Å². The van der Waals surface area contributed by atoms with Gasteiger partial charge >= 0.3 is 11.9 Å². The predicted molar refractivity (Wildman–Crippen MR) is 256 cm³/mol. The van der Waals surface area contributed by atoms with Gasteiger partial charge in [0.2, 0.25) is 23.6 Å². The van der Waals surface area contributed by atoms with Crippen LogP contribution in [0.1, 0.15) is 98.3 Å². The van der Waals surface area contributed by atoms with Crippen LogP contribution in [0.3, 0.4) is 0 Å². The lowest BCUT2D eigenvalue weighted by Gasteiger charge is -2.40. The molecule has 348 valence electrons. The van der Waals surface area contributed by atoms with Crippen LogP contribution in [0.15, 0.2) is 109 Å². The average Bonchev–Trinajstić information content (AvgIpc) is 3.50. The number of piperidine rings is 2. The molecule has 4 heterocycles. The Bertz CT molecular complexity index is 2400. The Labute approximate surface area is 395 Å². The highest BCUT2D eigenvalue weighted by Gasteiger charge is 2.46. The Kier molecular flexibility index (Phi) is 16.9. The number of benzene rings is 4. The number of rotatable bonds is 11. The van der Waals surface area contributed by atoms with Crippen molar-refractivity contribution in [1.82, 2.24) is 20.4 Å². The van der Waals surface area contributed by atoms with Crippen molar-refractivity contribution in [3.05, 3.63) is 143 Å². The molecule has 8 rings (SSSR count). The topological polar surface area (TPSA) is 190 Å². The molecule has 4 amide bonds. The normalized spacial score (nSPS) is 22.9. The maximum atomic E-state index is 13.7. The van der Waals surface area contributed by atoms with Crippen molar-refractivity contribution in [2.45, 2.75) is 125 Å². The Balaban J connectivity index is 0.000000216. The van der Waals surface area contributed by atoms with E-state index in [-0.39, 0.29) is 48.8 Å². The number of thiol groups is 1. The van der Waals surface area contributed by atoms with E-state index in [2.05, 4.69) is 23.3 Å². The lowest BCUT2D eigenvalue weighted by atomic mass is 9.89. The van der Waals surface area contributed by atoms with Crippen molar-refractivity contribution in [1.29, 1.82) is 0 Å². The third-order valence-corrected chi connectivity index (χ3v) is 14.1. The zero-order valence-corrected chi connectivity index (χ0v) is 37.8. The Morgan fingerprint density at radius 3 is 1.47 bits per heavy atom. The van der Waals surface area contributed by atoms with Crippen LogP contribution in [0.4, 0.5) is 0 Å². The molecule has 4 aromatic rings. The highest BCUT2D eigenvalue weighted by Crippen LogP contribution is 2.41. The number of thioether (sulfide) groups is 1. The zero-order chi connectivity index (χ0) is 46.2. The van der Waals surface area contributed by atoms with E-state index in [4.69, 9.17) is 0 Å². The molecule has 4 aromatic carbocycles. The molecule has 4 aliphatic heterocycles. The summed E-state index contributed by atoms with van der Waals surface area (Å²) in [5.74, 6) is -3.47. The molecule has 15 heteroatoms. The molecular formula is C51H58N4O9S2. The molecule has 0 aliphatic carbocycles. The first-order chi connectivity index (χ1) is 31.3. The van der Waals surface area contributed by atoms with E-state index in [1.807, 2.05) is 109 Å². The molecule has 0 saturated carbocycles. The fraction of sp³-hybridized carbons (Fsp3) is 0.392. The van der Waals surface area contributed by atoms with Crippen LogP contribution in [0.5, 0.6) is 0 Å². The molecule has 4 aliphatic rings. The van der Waals surface area contributed by atoms with E-state index >= 15 is 0 Å². The molecule has 13 nitrogen and oxygen atoms in total. The van der Waals surface area contributed by atoms with Gasteiger partial charge in [0, 0.05) is 19.8 Å². The van der Waals surface area contributed by atoms with Crippen LogP contribution >= 0.6 is 24.4 Å². The van der Waals surface area contributed by atoms with Crippen molar-refractivity contribution in [2.24, 2.45) is 0 Å². The van der Waals surface area contributed by atoms with Crippen LogP contribution in [0.25, 0.3) is 0 Å². The number of hydrogen-bond acceptors (Lipinski definition) is 9. The molecule has 8 atom stereocenters. The van der Waals surface area contributed by atoms with Crippen LogP contribution in [0, 0.1) is 0 Å². The average molecular weight is 935 g/mol. The van der Waals surface area contributed by atoms with Gasteiger partial charge in [-0.2, -0.15) is 12.6 Å². The number of carbonyl (C=O) groups is 7. The minimum atomic E-state index is -1.03. The number of carboxylic acid groups (broad SMARTS) is 2. The van der Waals surface area contributed by atoms with Gasteiger partial charge in [-0.1, -0.05) is 128 Å². The van der Waals surface area contributed by atoms with Gasteiger partial charge in [-0.15, -0.1) is 0 Å². The minimum Gasteiger partial charge on any atom is -0.480 e. The molecule has 2 fully saturated rings. The largest absolute Gasteiger partial charge is 0.480 e. The molecule has 0 bridgehead atoms. The lowest BCUT2D eigenvalue weighted by Crippen LogP contribution is -2.56. The number of carbonyl (C=O) groups excluding carboxylic acids is 5. The van der Waals surface area contributed by atoms with E-state index in [0.29, 0.717) is 44.9 Å². The Morgan fingerprint density at radius 2 is 1.03 bits per heavy atom. The summed E-state index contributed by atoms with van der Waals surface area (Å²) in [5, 5.41) is 23.8. The standard InChI is InChI=1S/C26H28N2O5S.C24H26N2O4S.CH4/c1-16(29)34-23(14-17-8-3-2-4-9-17)24(30)27-20-15-18-10-5-6-11-19(18)21-12-7-13-22(26(32)33)28(21)25(20)31;27-22(21(31)13-15-7-2-1-3-8-15)25-18-14-16-9-4-5-10-17(16)19-11-6-12-20(24(29)30)26(19)23(18)28;/h2-6,8-11,20-23H,7,12-15H2,1H3,(H,27,30)(H,32,33);1-5,7-10,18-21,31H,6,11-14H2,(H,25,27)(H,29,30);1H4/t20-,21+,22-,23-;18-,19+,20-,21-;/m00./s1. The summed E-state index contributed by atoms with van der Waals surface area (Å²) < 4.78 is 0. The fourth-order valence-electron chi connectivity index (χ4n) is 9.68. The van der Waals surface area contributed by atoms with E-state index < -0.39 is 52.5 Å². The van der Waals surface area contributed by atoms with Gasteiger partial charge in [0.25, 0.3) is 0 Å². The second kappa shape index (κ2) is 22.5. The highest BCUT2D eigenvalue weighted by atomic mass is 32.2. The smallest absolute Gasteiger partial charge is 0.326 e. The van der Waals surface area contributed by atoms with Crippen molar-refractivity contribution >= 4 is 65.1 Å². The monoisotopic (exact) mass is 934 g/mol. The van der Waals surface area contributed by atoms with Crippen molar-refractivity contribution in [3.8, 4) is 0 Å². The number of nitrogens with one attached hydrogen (secondary N) is 2. The van der Waals surface area contributed by atoms with Crippen LogP contribution in [-0.4, -0.2) is 95.4 Å². The maximum absolute atomic E-state index is 13.7. The predicted octanol–water partition coefficient (Wildman–Crippen LogP) is 6.54. The Morgan fingerprint density at radius 1 is 0.621 bits per heavy atom. The second-order valence-corrected chi connectivity index (χ2v) is 19.0. The number of amides is 4. The summed E-state index contributed by atoms with van der Waals surface area (Å²) in [4.78, 5) is 92.2. The van der Waals surface area contributed by atoms with Crippen molar-refractivity contribution in [3.63, 3.8) is 0 Å². The van der Waals surface area contributed by atoms with Gasteiger partial charge in [0.05, 0.1) is 22.6 Å². The van der Waals surface area contributed by atoms with Gasteiger partial charge in [-0.05, 0) is 84.7 Å². The maximum Gasteiger partial charge on any atom is 0.326 e. The first-order valence-corrected chi connectivity index (χ1v) is 23.5. The van der Waals surface area contributed by atoms with E-state index in [0.717, 1.165) is 58.0 Å². The molecule has 0 unspecified atom stereocenters. The first-order valence-electron chi connectivity index (χ1n) is 22.1. The van der Waals surface area contributed by atoms with Crippen LogP contribution < -0.4 is 10.6 Å². The summed E-state index contributed by atoms with van der Waals surface area (Å²) in [6.07, 6.45) is 5.07. The molecule has 0 spiro atoms. The number of carboxylic acids is 2. The highest BCUT2D eigenvalue weighted by molar-refractivity contribution is 8.14. The zero-order valence-electron chi connectivity index (χ0n) is 36.1. The fourth-order valence-corrected chi connectivity index (χ4v) is 10.8. The van der Waals surface area contributed by atoms with Gasteiger partial charge in [0.15, 0.2) is 5.12 Å². The summed E-state index contributed by atoms with van der Waals surface area (Å²) in [7, 11) is 0. The molecule has 0 aromatic heterocycles. The summed E-state index contributed by atoms with van der Waals surface area (Å²) in [5.41, 5.74) is 5.72. The van der Waals surface area contributed by atoms with Gasteiger partial charge in [-0.3, -0.25) is 24.0 Å². The van der Waals surface area contributed by atoms with E-state index in [1.165, 1.54) is 16.7 Å². The number of hydrogen-bond donors (Lipinski definition) is 5. The van der Waals surface area contributed by atoms with E-state index in [1.54, 1.807) is 0 Å². The van der Waals surface area contributed by atoms with Crippen LogP contribution in [0.2, 0.25) is 0 Å². The molecule has 66 heavy (non-hydrogen) atoms. The van der Waals surface area contributed by atoms with E-state index in [9.17, 15) is 43.8 Å². The first kappa shape index (κ1) is 49.5. The molecular weight excluding hydrogens is 877 g/mol. The summed E-state index contributed by atoms with van der Waals surface area (Å²) in [6, 6.07) is 30.3. The number of aliphatic carboxylic acids is 2. The van der Waals surface area contributed by atoms with Crippen molar-refractivity contribution in [2.75, 3.05) is 0 Å². The molecule has 4 N–H and O–H groups in total. The third kappa shape index (κ3) is 11.5. The second-order valence-electron chi connectivity index (χ2n) is 17.0. The van der Waals surface area contributed by atoms with Gasteiger partial charge in [0.1, 0.15) is 24.2 Å². The summed E-state index contributed by atoms with van der Waals surface area (Å²) in [6.45, 7) is 1.42. The summed E-state index contributed by atoms with van der Waals surface area (Å²) >= 11 is 5.40. The minimum absolute atomic E-state index is 0. The SMILES string of the molecule is C.CC(=O)S[C@@H](Cc1ccccc1)C(=O)N[C@H]1Cc2ccccc2[C@H]2CCC[C@@H](C(=O)O)N2C1=O.O=C(N[C@H]1Cc2ccccc2[C@H]2CCC[C@@H](C(=O)O)N2C1=O)[C@@H](S)Cc1ccccc1. The van der Waals surface area contributed by atoms with Gasteiger partial charge < -0.3 is 30.6 Å². The van der Waals surface area contributed by atoms with Crippen molar-refractivity contribution < 1.29 is 43.8 Å². The lowest BCUT2D eigenvalue weighted by molar-refractivity contribution is -0.156. The number of fused-ring (bicyclic) bond motifs is 6. The number of nitrogens with zero attached hydrogens (tertiary/aromatic N) is 2. The Hall–Kier alpha value is -5.93. The quantitative estimate of drug-likeness (QED) is 0.103. The third-order valence-electron chi connectivity index (χ3n) is 12.7. The molecule has 2 saturated heterocycles. The van der Waals surface area contributed by atoms with Gasteiger partial charge in [-0.25, -0.2) is 9.59 Å².